The van der Waals surface area contributed by atoms with Gasteiger partial charge < -0.3 is 10.1 Å². The van der Waals surface area contributed by atoms with Crippen molar-refractivity contribution in [3.05, 3.63) is 53.6 Å². The molecule has 0 spiro atoms. The highest BCUT2D eigenvalue weighted by Gasteiger charge is 2.27. The summed E-state index contributed by atoms with van der Waals surface area (Å²) in [5.74, 6) is 0.205. The van der Waals surface area contributed by atoms with Crippen molar-refractivity contribution < 1.29 is 26.4 Å². The van der Waals surface area contributed by atoms with Crippen LogP contribution in [-0.4, -0.2) is 66.6 Å². The number of carbonyl (C=O) groups excluding carboxylic acids is 1. The summed E-state index contributed by atoms with van der Waals surface area (Å²) in [5.41, 5.74) is 1.58. The van der Waals surface area contributed by atoms with Gasteiger partial charge in [0, 0.05) is 25.7 Å². The van der Waals surface area contributed by atoms with Gasteiger partial charge in [-0.2, -0.15) is 4.31 Å². The highest BCUT2D eigenvalue weighted by atomic mass is 32.2. The Kier molecular flexibility index (Phi) is 7.65. The molecular weight excluding hydrogens is 466 g/mol. The fraction of sp³-hybridized carbons (Fsp3) is 0.409. The van der Waals surface area contributed by atoms with Gasteiger partial charge in [-0.05, 0) is 67.8 Å². The van der Waals surface area contributed by atoms with E-state index >= 15 is 0 Å². The highest BCUT2D eigenvalue weighted by molar-refractivity contribution is 7.92. The van der Waals surface area contributed by atoms with Crippen molar-refractivity contribution in [2.24, 2.45) is 0 Å². The topological polar surface area (TPSA) is 113 Å². The van der Waals surface area contributed by atoms with Gasteiger partial charge in [-0.25, -0.2) is 16.8 Å². The molecule has 0 aliphatic carbocycles. The van der Waals surface area contributed by atoms with Gasteiger partial charge in [0.1, 0.15) is 12.4 Å². The largest absolute Gasteiger partial charge is 0.492 e. The molecule has 2 aromatic carbocycles. The summed E-state index contributed by atoms with van der Waals surface area (Å²) < 4.78 is 56.8. The number of aryl methyl sites for hydroxylation is 1. The van der Waals surface area contributed by atoms with Crippen LogP contribution < -0.4 is 14.4 Å². The number of ether oxygens (including phenoxy) is 1. The molecule has 11 heteroatoms. The van der Waals surface area contributed by atoms with E-state index in [9.17, 15) is 21.6 Å². The van der Waals surface area contributed by atoms with Crippen LogP contribution >= 0.6 is 0 Å². The minimum absolute atomic E-state index is 0.206. The van der Waals surface area contributed by atoms with Crippen LogP contribution in [0.4, 0.5) is 5.69 Å². The number of nitrogens with zero attached hydrogens (tertiary/aromatic N) is 2. The first-order valence-corrected chi connectivity index (χ1v) is 13.8. The van der Waals surface area contributed by atoms with E-state index < -0.39 is 20.0 Å². The van der Waals surface area contributed by atoms with E-state index in [1.54, 1.807) is 37.3 Å². The molecule has 1 fully saturated rings. The summed E-state index contributed by atoms with van der Waals surface area (Å²) in [6.07, 6.45) is 2.88. The fourth-order valence-corrected chi connectivity index (χ4v) is 5.63. The lowest BCUT2D eigenvalue weighted by Gasteiger charge is -2.19. The number of anilines is 1. The molecule has 1 aliphatic rings. The third kappa shape index (κ3) is 6.04. The molecule has 2 aromatic rings. The first kappa shape index (κ1) is 25.0. The zero-order valence-corrected chi connectivity index (χ0v) is 20.6. The van der Waals surface area contributed by atoms with Gasteiger partial charge in [-0.15, -0.1) is 0 Å². The average molecular weight is 496 g/mol. The van der Waals surface area contributed by atoms with Crippen LogP contribution in [0.2, 0.25) is 0 Å². The SMILES string of the molecule is Cc1cc(C(=O)NCCOc2ccc(S(=O)(=O)N3CCCC3)cc2)ccc1N(C)S(C)(=O)=O. The zero-order chi connectivity index (χ0) is 24.2. The summed E-state index contributed by atoms with van der Waals surface area (Å²) >= 11 is 0. The second-order valence-corrected chi connectivity index (χ2v) is 11.9. The summed E-state index contributed by atoms with van der Waals surface area (Å²) in [7, 11) is -5.39. The van der Waals surface area contributed by atoms with Crippen LogP contribution in [0.1, 0.15) is 28.8 Å². The van der Waals surface area contributed by atoms with Gasteiger partial charge in [0.25, 0.3) is 5.91 Å². The third-order valence-electron chi connectivity index (χ3n) is 5.48. The Hall–Kier alpha value is -2.63. The first-order valence-electron chi connectivity index (χ1n) is 10.6. The second-order valence-electron chi connectivity index (χ2n) is 7.92. The molecule has 0 unspecified atom stereocenters. The summed E-state index contributed by atoms with van der Waals surface area (Å²) in [4.78, 5) is 12.6. The number of carbonyl (C=O) groups is 1. The Bertz CT molecular complexity index is 1210. The number of hydrogen-bond acceptors (Lipinski definition) is 6. The molecule has 1 heterocycles. The van der Waals surface area contributed by atoms with Gasteiger partial charge in [-0.1, -0.05) is 0 Å². The molecule has 1 amide bonds. The Morgan fingerprint density at radius 1 is 1.06 bits per heavy atom. The fourth-order valence-electron chi connectivity index (χ4n) is 3.55. The molecule has 180 valence electrons. The predicted molar refractivity (Wildman–Crippen MR) is 127 cm³/mol. The molecule has 0 atom stereocenters. The van der Waals surface area contributed by atoms with Gasteiger partial charge in [-0.3, -0.25) is 9.10 Å². The normalized spacial score (nSPS) is 14.8. The van der Waals surface area contributed by atoms with Crippen LogP contribution in [0.5, 0.6) is 5.75 Å². The summed E-state index contributed by atoms with van der Waals surface area (Å²) in [5, 5.41) is 2.75. The number of rotatable bonds is 9. The van der Waals surface area contributed by atoms with E-state index in [1.165, 1.54) is 27.8 Å². The predicted octanol–water partition coefficient (Wildman–Crippen LogP) is 1.98. The maximum absolute atomic E-state index is 12.6. The zero-order valence-electron chi connectivity index (χ0n) is 18.9. The van der Waals surface area contributed by atoms with Gasteiger partial charge in [0.05, 0.1) is 23.4 Å². The molecule has 1 aliphatic heterocycles. The lowest BCUT2D eigenvalue weighted by molar-refractivity contribution is 0.0947. The number of benzene rings is 2. The van der Waals surface area contributed by atoms with E-state index in [0.29, 0.717) is 35.7 Å². The molecule has 33 heavy (non-hydrogen) atoms. The second kappa shape index (κ2) is 10.1. The van der Waals surface area contributed by atoms with Gasteiger partial charge >= 0.3 is 0 Å². The van der Waals surface area contributed by atoms with E-state index in [-0.39, 0.29) is 24.0 Å². The maximum Gasteiger partial charge on any atom is 0.251 e. The van der Waals surface area contributed by atoms with Crippen LogP contribution in [0, 0.1) is 6.92 Å². The van der Waals surface area contributed by atoms with Crippen molar-refractivity contribution in [1.29, 1.82) is 0 Å². The molecule has 0 aromatic heterocycles. The van der Waals surface area contributed by atoms with E-state index in [4.69, 9.17) is 4.74 Å². The highest BCUT2D eigenvalue weighted by Crippen LogP contribution is 2.23. The van der Waals surface area contributed by atoms with E-state index in [2.05, 4.69) is 5.32 Å². The molecule has 0 radical (unpaired) electrons. The van der Waals surface area contributed by atoms with Crippen LogP contribution in [0.3, 0.4) is 0 Å². The molecule has 0 bridgehead atoms. The van der Waals surface area contributed by atoms with Crippen molar-refractivity contribution in [2.45, 2.75) is 24.7 Å². The molecular formula is C22H29N3O6S2. The lowest BCUT2D eigenvalue weighted by atomic mass is 10.1. The van der Waals surface area contributed by atoms with Crippen LogP contribution in [0.25, 0.3) is 0 Å². The van der Waals surface area contributed by atoms with Crippen LogP contribution in [-0.2, 0) is 20.0 Å². The molecule has 1 N–H and O–H groups in total. The monoisotopic (exact) mass is 495 g/mol. The average Bonchev–Trinajstić information content (AvgIpc) is 3.32. The number of hydrogen-bond donors (Lipinski definition) is 1. The van der Waals surface area contributed by atoms with E-state index in [1.807, 2.05) is 0 Å². The first-order chi connectivity index (χ1) is 15.5. The lowest BCUT2D eigenvalue weighted by Crippen LogP contribution is -2.29. The van der Waals surface area contributed by atoms with Gasteiger partial charge in [0.2, 0.25) is 20.0 Å². The molecule has 3 rings (SSSR count). The quantitative estimate of drug-likeness (QED) is 0.533. The van der Waals surface area contributed by atoms with Crippen molar-refractivity contribution in [3.8, 4) is 5.75 Å². The number of nitrogens with one attached hydrogen (secondary N) is 1. The standard InChI is InChI=1S/C22H29N3O6S2/c1-17-16-18(6-11-21(17)24(2)32(3,27)28)22(26)23-12-15-31-19-7-9-20(10-8-19)33(29,30)25-13-4-5-14-25/h6-11,16H,4-5,12-15H2,1-3H3,(H,23,26). The van der Waals surface area contributed by atoms with Crippen molar-refractivity contribution in [3.63, 3.8) is 0 Å². The van der Waals surface area contributed by atoms with Crippen molar-refractivity contribution in [2.75, 3.05) is 43.8 Å². The van der Waals surface area contributed by atoms with Crippen LogP contribution in [0.15, 0.2) is 47.4 Å². The number of sulfonamides is 2. The van der Waals surface area contributed by atoms with E-state index in [0.717, 1.165) is 19.1 Å². The Balaban J connectivity index is 1.51. The summed E-state index contributed by atoms with van der Waals surface area (Å²) in [6, 6.07) is 11.1. The molecule has 0 saturated carbocycles. The Morgan fingerprint density at radius 2 is 1.70 bits per heavy atom. The minimum Gasteiger partial charge on any atom is -0.492 e. The third-order valence-corrected chi connectivity index (χ3v) is 8.58. The Labute approximate surface area is 195 Å². The van der Waals surface area contributed by atoms with Crippen molar-refractivity contribution >= 4 is 31.6 Å². The van der Waals surface area contributed by atoms with Gasteiger partial charge in [0.15, 0.2) is 0 Å². The smallest absolute Gasteiger partial charge is 0.251 e. The number of amides is 1. The summed E-state index contributed by atoms with van der Waals surface area (Å²) in [6.45, 7) is 3.30. The Morgan fingerprint density at radius 3 is 2.27 bits per heavy atom. The molecule has 9 nitrogen and oxygen atoms in total. The maximum atomic E-state index is 12.6. The minimum atomic E-state index is -3.46. The van der Waals surface area contributed by atoms with Crippen molar-refractivity contribution in [1.82, 2.24) is 9.62 Å². The molecule has 1 saturated heterocycles.